The number of thioether (sulfide) groups is 1. The number of halogens is 1. The van der Waals surface area contributed by atoms with Crippen LogP contribution in [0.15, 0.2) is 51.9 Å². The van der Waals surface area contributed by atoms with E-state index in [1.807, 2.05) is 55.1 Å². The van der Waals surface area contributed by atoms with Crippen LogP contribution in [0, 0.1) is 13.8 Å². The number of carbonyl (C=O) groups is 1. The number of sulfone groups is 1. The maximum atomic E-state index is 12.4. The molecule has 1 fully saturated rings. The van der Waals surface area contributed by atoms with Crippen LogP contribution in [-0.4, -0.2) is 48.8 Å². The van der Waals surface area contributed by atoms with Gasteiger partial charge in [-0.1, -0.05) is 45.4 Å². The number of amides is 1. The molecule has 158 valence electrons. The fourth-order valence-corrected chi connectivity index (χ4v) is 6.88. The smallest absolute Gasteiger partial charge is 0.234 e. The summed E-state index contributed by atoms with van der Waals surface area (Å²) in [6, 6.07) is 13.0. The number of fused-ring (bicyclic) bond motifs is 1. The fraction of sp³-hybridized carbons (Fsp3) is 0.333. The number of hydrogen-bond acceptors (Lipinski definition) is 6. The first-order chi connectivity index (χ1) is 14.2. The van der Waals surface area contributed by atoms with Crippen LogP contribution in [0.25, 0.3) is 0 Å². The van der Waals surface area contributed by atoms with Crippen molar-refractivity contribution >= 4 is 60.0 Å². The molecule has 2 unspecified atom stereocenters. The molecule has 1 saturated heterocycles. The van der Waals surface area contributed by atoms with Crippen molar-refractivity contribution in [3.63, 3.8) is 0 Å². The maximum absolute atomic E-state index is 12.4. The van der Waals surface area contributed by atoms with Crippen molar-refractivity contribution < 1.29 is 13.2 Å². The van der Waals surface area contributed by atoms with Gasteiger partial charge in [-0.2, -0.15) is 0 Å². The Kier molecular flexibility index (Phi) is 5.96. The molecule has 0 bridgehead atoms. The molecule has 0 aromatic heterocycles. The van der Waals surface area contributed by atoms with Crippen LogP contribution < -0.4 is 10.2 Å². The van der Waals surface area contributed by atoms with Crippen molar-refractivity contribution in [2.45, 2.75) is 25.9 Å². The SMILES string of the molecule is Cc1ccc(N2C(SCC(=O)Nc3ccc(Br)cc3)=NC3CS(=O)(=O)CC32)c(C)c1. The number of carbonyl (C=O) groups excluding carboxylic acids is 1. The normalized spacial score (nSPS) is 22.0. The lowest BCUT2D eigenvalue weighted by molar-refractivity contribution is -0.113. The number of nitrogens with one attached hydrogen (secondary N) is 1. The number of anilines is 2. The second kappa shape index (κ2) is 8.36. The standard InChI is InChI=1S/C21H22BrN3O3S2/c1-13-3-8-18(14(2)9-13)25-19-12-30(27,28)11-17(19)24-21(25)29-10-20(26)23-16-6-4-15(22)5-7-16/h3-9,17,19H,10-12H2,1-2H3,(H,23,26). The number of nitrogens with zero attached hydrogens (tertiary/aromatic N) is 2. The topological polar surface area (TPSA) is 78.8 Å². The second-order valence-electron chi connectivity index (χ2n) is 7.63. The average molecular weight is 508 g/mol. The highest BCUT2D eigenvalue weighted by molar-refractivity contribution is 9.10. The van der Waals surface area contributed by atoms with Crippen LogP contribution in [0.5, 0.6) is 0 Å². The van der Waals surface area contributed by atoms with Gasteiger partial charge in [0.1, 0.15) is 0 Å². The van der Waals surface area contributed by atoms with E-state index < -0.39 is 9.84 Å². The molecule has 2 aliphatic rings. The minimum Gasteiger partial charge on any atom is -0.325 e. The lowest BCUT2D eigenvalue weighted by atomic mass is 10.1. The number of benzene rings is 2. The molecule has 0 saturated carbocycles. The van der Waals surface area contributed by atoms with Crippen LogP contribution in [0.3, 0.4) is 0 Å². The van der Waals surface area contributed by atoms with E-state index in [0.29, 0.717) is 5.17 Å². The second-order valence-corrected chi connectivity index (χ2v) is 11.6. The van der Waals surface area contributed by atoms with E-state index >= 15 is 0 Å². The van der Waals surface area contributed by atoms with Gasteiger partial charge < -0.3 is 10.2 Å². The molecule has 2 aromatic carbocycles. The van der Waals surface area contributed by atoms with Gasteiger partial charge in [-0.3, -0.25) is 9.79 Å². The van der Waals surface area contributed by atoms with E-state index in [4.69, 9.17) is 4.99 Å². The van der Waals surface area contributed by atoms with Gasteiger partial charge in [-0.15, -0.1) is 0 Å². The molecule has 9 heteroatoms. The first-order valence-electron chi connectivity index (χ1n) is 9.55. The summed E-state index contributed by atoms with van der Waals surface area (Å²) in [6.07, 6.45) is 0. The van der Waals surface area contributed by atoms with Crippen molar-refractivity contribution in [3.05, 3.63) is 58.1 Å². The largest absolute Gasteiger partial charge is 0.325 e. The van der Waals surface area contributed by atoms with Gasteiger partial charge in [-0.05, 0) is 49.7 Å². The van der Waals surface area contributed by atoms with Gasteiger partial charge in [0.15, 0.2) is 15.0 Å². The molecule has 0 spiro atoms. The summed E-state index contributed by atoms with van der Waals surface area (Å²) in [5, 5.41) is 3.59. The van der Waals surface area contributed by atoms with E-state index in [9.17, 15) is 13.2 Å². The number of hydrogen-bond donors (Lipinski definition) is 1. The van der Waals surface area contributed by atoms with Gasteiger partial charge in [-0.25, -0.2) is 8.42 Å². The highest BCUT2D eigenvalue weighted by Crippen LogP contribution is 2.36. The van der Waals surface area contributed by atoms with Crippen LogP contribution >= 0.6 is 27.7 Å². The van der Waals surface area contributed by atoms with Gasteiger partial charge in [0, 0.05) is 15.8 Å². The van der Waals surface area contributed by atoms with Crippen molar-refractivity contribution in [3.8, 4) is 0 Å². The summed E-state index contributed by atoms with van der Waals surface area (Å²) >= 11 is 4.72. The Bertz CT molecular complexity index is 1120. The first kappa shape index (κ1) is 21.4. The van der Waals surface area contributed by atoms with E-state index in [-0.39, 0.29) is 35.2 Å². The number of amidine groups is 1. The predicted molar refractivity (Wildman–Crippen MR) is 127 cm³/mol. The van der Waals surface area contributed by atoms with Gasteiger partial charge in [0.25, 0.3) is 0 Å². The lowest BCUT2D eigenvalue weighted by Gasteiger charge is -2.28. The molecular weight excluding hydrogens is 486 g/mol. The van der Waals surface area contributed by atoms with Crippen molar-refractivity contribution in [2.75, 3.05) is 27.5 Å². The third-order valence-electron chi connectivity index (χ3n) is 5.18. The zero-order chi connectivity index (χ0) is 21.5. The summed E-state index contributed by atoms with van der Waals surface area (Å²) < 4.78 is 25.3. The number of rotatable bonds is 4. The highest BCUT2D eigenvalue weighted by Gasteiger charge is 2.47. The molecule has 2 aromatic rings. The van der Waals surface area contributed by atoms with Crippen molar-refractivity contribution in [1.29, 1.82) is 0 Å². The van der Waals surface area contributed by atoms with Gasteiger partial charge in [0.05, 0.1) is 29.3 Å². The van der Waals surface area contributed by atoms with Gasteiger partial charge in [0.2, 0.25) is 5.91 Å². The molecule has 2 aliphatic heterocycles. The van der Waals surface area contributed by atoms with E-state index in [1.165, 1.54) is 11.8 Å². The third-order valence-corrected chi connectivity index (χ3v) is 8.37. The molecule has 4 rings (SSSR count). The van der Waals surface area contributed by atoms with Crippen molar-refractivity contribution in [1.82, 2.24) is 0 Å². The van der Waals surface area contributed by atoms with Crippen molar-refractivity contribution in [2.24, 2.45) is 4.99 Å². The predicted octanol–water partition coefficient (Wildman–Crippen LogP) is 3.78. The fourth-order valence-electron chi connectivity index (χ4n) is 3.85. The van der Waals surface area contributed by atoms with Crippen LogP contribution in [-0.2, 0) is 14.6 Å². The molecule has 30 heavy (non-hydrogen) atoms. The average Bonchev–Trinajstić information content (AvgIpc) is 3.13. The van der Waals surface area contributed by atoms with Crippen LogP contribution in [0.4, 0.5) is 11.4 Å². The Labute approximate surface area is 189 Å². The lowest BCUT2D eigenvalue weighted by Crippen LogP contribution is -2.39. The number of aliphatic imine (C=N–C) groups is 1. The zero-order valence-electron chi connectivity index (χ0n) is 16.6. The maximum Gasteiger partial charge on any atom is 0.234 e. The molecule has 0 aliphatic carbocycles. The molecular formula is C21H22BrN3O3S2. The van der Waals surface area contributed by atoms with Crippen LogP contribution in [0.2, 0.25) is 0 Å². The molecule has 2 atom stereocenters. The van der Waals surface area contributed by atoms with E-state index in [1.54, 1.807) is 0 Å². The summed E-state index contributed by atoms with van der Waals surface area (Å²) in [6.45, 7) is 4.04. The van der Waals surface area contributed by atoms with E-state index in [2.05, 4.69) is 27.3 Å². The monoisotopic (exact) mass is 507 g/mol. The molecule has 0 radical (unpaired) electrons. The first-order valence-corrected chi connectivity index (χ1v) is 13.1. The Morgan fingerprint density at radius 2 is 1.93 bits per heavy atom. The van der Waals surface area contributed by atoms with E-state index in [0.717, 1.165) is 27.0 Å². The summed E-state index contributed by atoms with van der Waals surface area (Å²) in [4.78, 5) is 19.2. The summed E-state index contributed by atoms with van der Waals surface area (Å²) in [5.41, 5.74) is 3.88. The highest BCUT2D eigenvalue weighted by atomic mass is 79.9. The third kappa shape index (κ3) is 4.58. The summed E-state index contributed by atoms with van der Waals surface area (Å²) in [7, 11) is -3.11. The minimum atomic E-state index is -3.11. The quantitative estimate of drug-likeness (QED) is 0.680. The Morgan fingerprint density at radius 1 is 1.20 bits per heavy atom. The Hall–Kier alpha value is -1.84. The van der Waals surface area contributed by atoms with Gasteiger partial charge >= 0.3 is 0 Å². The Morgan fingerprint density at radius 3 is 2.63 bits per heavy atom. The molecule has 1 amide bonds. The molecule has 6 nitrogen and oxygen atoms in total. The molecule has 2 heterocycles. The number of aryl methyl sites for hydroxylation is 2. The zero-order valence-corrected chi connectivity index (χ0v) is 19.9. The minimum absolute atomic E-state index is 0.0637. The van der Waals surface area contributed by atoms with Crippen LogP contribution in [0.1, 0.15) is 11.1 Å². The Balaban J connectivity index is 1.52. The summed E-state index contributed by atoms with van der Waals surface area (Å²) in [5.74, 6) is 0.218. The molecule has 1 N–H and O–H groups in total.